The normalized spacial score (nSPS) is 14.2. The van der Waals surface area contributed by atoms with Gasteiger partial charge in [0.1, 0.15) is 17.3 Å². The van der Waals surface area contributed by atoms with Crippen LogP contribution in [-0.2, 0) is 6.54 Å². The molecule has 0 unspecified atom stereocenters. The maximum absolute atomic E-state index is 14.1. The van der Waals surface area contributed by atoms with Crippen LogP contribution in [0.15, 0.2) is 47.4 Å². The smallest absolute Gasteiger partial charge is 0.140 e. The Bertz CT molecular complexity index is 628. The SMILES string of the molecule is CSc1ccccc1Oc1cccc(F)c1CNC1CC1. The predicted molar refractivity (Wildman–Crippen MR) is 84.6 cm³/mol. The average Bonchev–Trinajstić information content (AvgIpc) is 3.31. The van der Waals surface area contributed by atoms with Gasteiger partial charge in [0.15, 0.2) is 0 Å². The van der Waals surface area contributed by atoms with Crippen molar-refractivity contribution >= 4 is 11.8 Å². The van der Waals surface area contributed by atoms with Crippen molar-refractivity contribution in [1.29, 1.82) is 0 Å². The molecule has 110 valence electrons. The van der Waals surface area contributed by atoms with Crippen LogP contribution >= 0.6 is 11.8 Å². The van der Waals surface area contributed by atoms with Gasteiger partial charge in [0.25, 0.3) is 0 Å². The van der Waals surface area contributed by atoms with Crippen molar-refractivity contribution in [3.05, 3.63) is 53.8 Å². The van der Waals surface area contributed by atoms with Crippen LogP contribution < -0.4 is 10.1 Å². The molecule has 0 atom stereocenters. The Labute approximate surface area is 128 Å². The van der Waals surface area contributed by atoms with E-state index in [0.717, 1.165) is 10.6 Å². The first-order chi connectivity index (χ1) is 10.3. The van der Waals surface area contributed by atoms with Crippen molar-refractivity contribution in [3.8, 4) is 11.5 Å². The molecule has 0 spiro atoms. The van der Waals surface area contributed by atoms with E-state index in [9.17, 15) is 4.39 Å². The van der Waals surface area contributed by atoms with Crippen molar-refractivity contribution in [1.82, 2.24) is 5.32 Å². The first kappa shape index (κ1) is 14.4. The van der Waals surface area contributed by atoms with Gasteiger partial charge in [-0.3, -0.25) is 0 Å². The van der Waals surface area contributed by atoms with E-state index in [4.69, 9.17) is 4.74 Å². The first-order valence-electron chi connectivity index (χ1n) is 7.09. The van der Waals surface area contributed by atoms with Crippen molar-refractivity contribution in [2.75, 3.05) is 6.26 Å². The van der Waals surface area contributed by atoms with Gasteiger partial charge in [0, 0.05) is 23.0 Å². The molecule has 1 N–H and O–H groups in total. The van der Waals surface area contributed by atoms with E-state index in [0.29, 0.717) is 23.9 Å². The zero-order chi connectivity index (χ0) is 14.7. The number of thioether (sulfide) groups is 1. The van der Waals surface area contributed by atoms with Crippen LogP contribution in [0.3, 0.4) is 0 Å². The Morgan fingerprint density at radius 2 is 1.90 bits per heavy atom. The molecule has 3 rings (SSSR count). The number of hydrogen-bond donors (Lipinski definition) is 1. The third-order valence-corrected chi connectivity index (χ3v) is 4.29. The summed E-state index contributed by atoms with van der Waals surface area (Å²) in [5.41, 5.74) is 0.598. The molecule has 1 saturated carbocycles. The molecular formula is C17H18FNOS. The fraction of sp³-hybridized carbons (Fsp3) is 0.294. The second kappa shape index (κ2) is 6.50. The number of ether oxygens (including phenoxy) is 1. The fourth-order valence-electron chi connectivity index (χ4n) is 2.16. The van der Waals surface area contributed by atoms with Gasteiger partial charge in [-0.15, -0.1) is 11.8 Å². The maximum atomic E-state index is 14.1. The predicted octanol–water partition coefficient (Wildman–Crippen LogP) is 4.59. The Morgan fingerprint density at radius 3 is 2.67 bits per heavy atom. The Kier molecular flexibility index (Phi) is 4.46. The van der Waals surface area contributed by atoms with E-state index in [1.54, 1.807) is 17.8 Å². The molecular weight excluding hydrogens is 285 g/mol. The van der Waals surface area contributed by atoms with Gasteiger partial charge in [-0.2, -0.15) is 0 Å². The van der Waals surface area contributed by atoms with Gasteiger partial charge in [-0.1, -0.05) is 18.2 Å². The number of benzene rings is 2. The summed E-state index contributed by atoms with van der Waals surface area (Å²) < 4.78 is 20.0. The molecule has 0 amide bonds. The minimum atomic E-state index is -0.220. The molecule has 0 aromatic heterocycles. The van der Waals surface area contributed by atoms with E-state index < -0.39 is 0 Å². The average molecular weight is 303 g/mol. The zero-order valence-corrected chi connectivity index (χ0v) is 12.8. The lowest BCUT2D eigenvalue weighted by molar-refractivity contribution is 0.452. The van der Waals surface area contributed by atoms with Crippen molar-refractivity contribution in [2.45, 2.75) is 30.3 Å². The van der Waals surface area contributed by atoms with Gasteiger partial charge in [0.2, 0.25) is 0 Å². The van der Waals surface area contributed by atoms with Gasteiger partial charge >= 0.3 is 0 Å². The van der Waals surface area contributed by atoms with Gasteiger partial charge in [-0.25, -0.2) is 4.39 Å². The van der Waals surface area contributed by atoms with Crippen molar-refractivity contribution in [3.63, 3.8) is 0 Å². The van der Waals surface area contributed by atoms with Crippen LogP contribution in [0.4, 0.5) is 4.39 Å². The monoisotopic (exact) mass is 303 g/mol. The highest BCUT2D eigenvalue weighted by atomic mass is 32.2. The summed E-state index contributed by atoms with van der Waals surface area (Å²) in [6, 6.07) is 13.3. The van der Waals surface area contributed by atoms with Crippen LogP contribution in [0.25, 0.3) is 0 Å². The van der Waals surface area contributed by atoms with Crippen molar-refractivity contribution in [2.24, 2.45) is 0 Å². The minimum Gasteiger partial charge on any atom is -0.456 e. The van der Waals surface area contributed by atoms with E-state index in [1.807, 2.05) is 36.6 Å². The van der Waals surface area contributed by atoms with Crippen LogP contribution in [0.5, 0.6) is 11.5 Å². The quantitative estimate of drug-likeness (QED) is 0.789. The highest BCUT2D eigenvalue weighted by Crippen LogP contribution is 2.34. The summed E-state index contributed by atoms with van der Waals surface area (Å²) in [4.78, 5) is 1.04. The number of rotatable bonds is 6. The molecule has 4 heteroatoms. The van der Waals surface area contributed by atoms with E-state index in [2.05, 4.69) is 5.32 Å². The number of halogens is 1. The van der Waals surface area contributed by atoms with Gasteiger partial charge < -0.3 is 10.1 Å². The highest BCUT2D eigenvalue weighted by molar-refractivity contribution is 7.98. The Balaban J connectivity index is 1.84. The second-order valence-electron chi connectivity index (χ2n) is 5.12. The largest absolute Gasteiger partial charge is 0.456 e. The Morgan fingerprint density at radius 1 is 1.14 bits per heavy atom. The molecule has 2 aromatic carbocycles. The maximum Gasteiger partial charge on any atom is 0.140 e. The van der Waals surface area contributed by atoms with Crippen LogP contribution in [0.2, 0.25) is 0 Å². The zero-order valence-electron chi connectivity index (χ0n) is 11.9. The summed E-state index contributed by atoms with van der Waals surface area (Å²) in [5, 5.41) is 3.34. The van der Waals surface area contributed by atoms with E-state index in [1.165, 1.54) is 18.9 Å². The third kappa shape index (κ3) is 3.57. The van der Waals surface area contributed by atoms with Crippen molar-refractivity contribution < 1.29 is 9.13 Å². The lowest BCUT2D eigenvalue weighted by Crippen LogP contribution is -2.16. The molecule has 1 aliphatic rings. The number of para-hydroxylation sites is 1. The van der Waals surface area contributed by atoms with E-state index >= 15 is 0 Å². The molecule has 0 saturated heterocycles. The molecule has 0 heterocycles. The lowest BCUT2D eigenvalue weighted by atomic mass is 10.2. The highest BCUT2D eigenvalue weighted by Gasteiger charge is 2.22. The standard InChI is InChI=1S/C17H18FNOS/c1-21-17-8-3-2-6-16(17)20-15-7-4-5-14(18)13(15)11-19-12-9-10-12/h2-8,12,19H,9-11H2,1H3. The summed E-state index contributed by atoms with van der Waals surface area (Å²) in [6.45, 7) is 0.508. The molecule has 2 aromatic rings. The lowest BCUT2D eigenvalue weighted by Gasteiger charge is -2.14. The summed E-state index contributed by atoms with van der Waals surface area (Å²) in [6.07, 6.45) is 4.36. The topological polar surface area (TPSA) is 21.3 Å². The second-order valence-corrected chi connectivity index (χ2v) is 5.97. The molecule has 0 radical (unpaired) electrons. The summed E-state index contributed by atoms with van der Waals surface area (Å²) >= 11 is 1.62. The third-order valence-electron chi connectivity index (χ3n) is 3.51. The molecule has 1 aliphatic carbocycles. The summed E-state index contributed by atoms with van der Waals surface area (Å²) in [7, 11) is 0. The van der Waals surface area contributed by atoms with Crippen LogP contribution in [0.1, 0.15) is 18.4 Å². The fourth-order valence-corrected chi connectivity index (χ4v) is 2.69. The first-order valence-corrected chi connectivity index (χ1v) is 8.32. The van der Waals surface area contributed by atoms with Crippen LogP contribution in [-0.4, -0.2) is 12.3 Å². The molecule has 2 nitrogen and oxygen atoms in total. The van der Waals surface area contributed by atoms with E-state index in [-0.39, 0.29) is 5.82 Å². The number of hydrogen-bond acceptors (Lipinski definition) is 3. The summed E-state index contributed by atoms with van der Waals surface area (Å²) in [5.74, 6) is 1.13. The molecule has 0 aliphatic heterocycles. The molecule has 1 fully saturated rings. The minimum absolute atomic E-state index is 0.220. The Hall–Kier alpha value is -1.52. The van der Waals surface area contributed by atoms with Crippen LogP contribution in [0, 0.1) is 5.82 Å². The molecule has 0 bridgehead atoms. The molecule has 21 heavy (non-hydrogen) atoms. The van der Waals surface area contributed by atoms with Gasteiger partial charge in [-0.05, 0) is 43.4 Å². The number of nitrogens with one attached hydrogen (secondary N) is 1. The van der Waals surface area contributed by atoms with Gasteiger partial charge in [0.05, 0.1) is 0 Å².